The Morgan fingerprint density at radius 1 is 1.40 bits per heavy atom. The van der Waals surface area contributed by atoms with Crippen LogP contribution in [-0.2, 0) is 11.3 Å². The van der Waals surface area contributed by atoms with Crippen LogP contribution in [0.4, 0.5) is 0 Å². The first kappa shape index (κ1) is 16.1. The Labute approximate surface area is 154 Å². The van der Waals surface area contributed by atoms with Crippen LogP contribution < -0.4 is 0 Å². The zero-order valence-corrected chi connectivity index (χ0v) is 15.2. The van der Waals surface area contributed by atoms with Gasteiger partial charge in [0.05, 0.1) is 35.1 Å². The first-order valence-corrected chi connectivity index (χ1v) is 9.17. The SMILES string of the molecule is CCOC(=O)c1ncn2c1CN=C(c1cccs1)c1cc(S)ccc1-2. The van der Waals surface area contributed by atoms with Gasteiger partial charge in [-0.1, -0.05) is 6.07 Å². The van der Waals surface area contributed by atoms with E-state index in [1.54, 1.807) is 24.6 Å². The maximum atomic E-state index is 12.2. The van der Waals surface area contributed by atoms with Gasteiger partial charge in [-0.05, 0) is 36.6 Å². The van der Waals surface area contributed by atoms with E-state index in [0.717, 1.165) is 32.4 Å². The van der Waals surface area contributed by atoms with Crippen molar-refractivity contribution in [3.05, 3.63) is 63.9 Å². The van der Waals surface area contributed by atoms with Gasteiger partial charge in [0, 0.05) is 10.5 Å². The molecule has 2 aromatic heterocycles. The number of aromatic nitrogens is 2. The maximum absolute atomic E-state index is 12.2. The fraction of sp³-hybridized carbons (Fsp3) is 0.167. The summed E-state index contributed by atoms with van der Waals surface area (Å²) in [6.07, 6.45) is 1.66. The van der Waals surface area contributed by atoms with Gasteiger partial charge < -0.3 is 4.74 Å². The highest BCUT2D eigenvalue weighted by molar-refractivity contribution is 7.80. The summed E-state index contributed by atoms with van der Waals surface area (Å²) < 4.78 is 7.04. The van der Waals surface area contributed by atoms with Gasteiger partial charge in [-0.2, -0.15) is 0 Å². The molecule has 25 heavy (non-hydrogen) atoms. The molecule has 0 spiro atoms. The second-order valence-electron chi connectivity index (χ2n) is 5.47. The number of benzene rings is 1. The van der Waals surface area contributed by atoms with Gasteiger partial charge in [0.15, 0.2) is 5.69 Å². The summed E-state index contributed by atoms with van der Waals surface area (Å²) in [5.41, 5.74) is 3.86. The molecule has 0 amide bonds. The van der Waals surface area contributed by atoms with Crippen molar-refractivity contribution in [3.8, 4) is 5.69 Å². The maximum Gasteiger partial charge on any atom is 0.358 e. The molecule has 1 aromatic carbocycles. The molecule has 5 nitrogen and oxygen atoms in total. The lowest BCUT2D eigenvalue weighted by Gasteiger charge is -2.11. The predicted molar refractivity (Wildman–Crippen MR) is 100 cm³/mol. The molecule has 0 fully saturated rings. The first-order chi connectivity index (χ1) is 12.2. The molecule has 3 heterocycles. The van der Waals surface area contributed by atoms with E-state index < -0.39 is 5.97 Å². The normalized spacial score (nSPS) is 12.8. The van der Waals surface area contributed by atoms with Crippen LogP contribution in [0.1, 0.15) is 33.5 Å². The number of carbonyl (C=O) groups is 1. The molecule has 0 saturated carbocycles. The van der Waals surface area contributed by atoms with Crippen molar-refractivity contribution in [2.24, 2.45) is 4.99 Å². The van der Waals surface area contributed by atoms with E-state index in [-0.39, 0.29) is 0 Å². The molecule has 0 aliphatic carbocycles. The molecular formula is C18H15N3O2S2. The number of ether oxygens (including phenoxy) is 1. The van der Waals surface area contributed by atoms with Gasteiger partial charge >= 0.3 is 5.97 Å². The van der Waals surface area contributed by atoms with E-state index in [0.29, 0.717) is 18.8 Å². The Morgan fingerprint density at radius 3 is 3.04 bits per heavy atom. The van der Waals surface area contributed by atoms with Crippen LogP contribution in [-0.4, -0.2) is 27.8 Å². The number of aliphatic imine (C=N–C) groups is 1. The molecule has 0 N–H and O–H groups in total. The smallest absolute Gasteiger partial charge is 0.358 e. The van der Waals surface area contributed by atoms with E-state index in [2.05, 4.69) is 17.6 Å². The molecule has 4 rings (SSSR count). The Kier molecular flexibility index (Phi) is 4.19. The lowest BCUT2D eigenvalue weighted by molar-refractivity contribution is 0.0518. The monoisotopic (exact) mass is 369 g/mol. The lowest BCUT2D eigenvalue weighted by atomic mass is 10.1. The number of imidazole rings is 1. The highest BCUT2D eigenvalue weighted by atomic mass is 32.1. The number of fused-ring (bicyclic) bond motifs is 3. The van der Waals surface area contributed by atoms with E-state index in [1.165, 1.54) is 0 Å². The molecule has 0 atom stereocenters. The van der Waals surface area contributed by atoms with Crippen LogP contribution >= 0.6 is 24.0 Å². The number of nitrogens with zero attached hydrogens (tertiary/aromatic N) is 3. The Morgan fingerprint density at radius 2 is 2.28 bits per heavy atom. The summed E-state index contributed by atoms with van der Waals surface area (Å²) >= 11 is 6.11. The van der Waals surface area contributed by atoms with E-state index in [4.69, 9.17) is 9.73 Å². The lowest BCUT2D eigenvalue weighted by Crippen LogP contribution is -2.09. The molecule has 0 unspecified atom stereocenters. The van der Waals surface area contributed by atoms with Crippen LogP contribution in [0.5, 0.6) is 0 Å². The van der Waals surface area contributed by atoms with Crippen LogP contribution in [0, 0.1) is 0 Å². The molecule has 1 aliphatic rings. The minimum absolute atomic E-state index is 0.314. The Hall–Kier alpha value is -2.38. The average Bonchev–Trinajstić information content (AvgIpc) is 3.23. The second-order valence-corrected chi connectivity index (χ2v) is 6.94. The number of hydrogen-bond acceptors (Lipinski definition) is 6. The van der Waals surface area contributed by atoms with Crippen LogP contribution in [0.3, 0.4) is 0 Å². The first-order valence-electron chi connectivity index (χ1n) is 7.84. The van der Waals surface area contributed by atoms with Gasteiger partial charge in [0.2, 0.25) is 0 Å². The fourth-order valence-electron chi connectivity index (χ4n) is 2.89. The van der Waals surface area contributed by atoms with Crippen LogP contribution in [0.25, 0.3) is 5.69 Å². The third-order valence-corrected chi connectivity index (χ3v) is 5.13. The summed E-state index contributed by atoms with van der Waals surface area (Å²) in [4.78, 5) is 23.2. The number of rotatable bonds is 3. The molecular weight excluding hydrogens is 354 g/mol. The van der Waals surface area contributed by atoms with Gasteiger partial charge in [-0.15, -0.1) is 24.0 Å². The quantitative estimate of drug-likeness (QED) is 0.565. The fourth-order valence-corrected chi connectivity index (χ4v) is 3.84. The van der Waals surface area contributed by atoms with Crippen molar-refractivity contribution in [2.45, 2.75) is 18.4 Å². The topological polar surface area (TPSA) is 56.5 Å². The van der Waals surface area contributed by atoms with Gasteiger partial charge in [0.1, 0.15) is 6.33 Å². The number of carbonyl (C=O) groups excluding carboxylic acids is 1. The predicted octanol–water partition coefficient (Wildman–Crippen LogP) is 3.75. The Balaban J connectivity index is 1.92. The minimum atomic E-state index is -0.418. The third-order valence-electron chi connectivity index (χ3n) is 3.97. The molecule has 0 radical (unpaired) electrons. The Bertz CT molecular complexity index is 974. The van der Waals surface area contributed by atoms with Crippen LogP contribution in [0.15, 0.2) is 51.9 Å². The summed E-state index contributed by atoms with van der Waals surface area (Å²) in [5.74, 6) is -0.418. The summed E-state index contributed by atoms with van der Waals surface area (Å²) in [6, 6.07) is 9.95. The summed E-state index contributed by atoms with van der Waals surface area (Å²) in [5, 5.41) is 2.03. The largest absolute Gasteiger partial charge is 0.461 e. The second kappa shape index (κ2) is 6.50. The number of thiophene rings is 1. The van der Waals surface area contributed by atoms with Crippen molar-refractivity contribution in [1.82, 2.24) is 9.55 Å². The van der Waals surface area contributed by atoms with Gasteiger partial charge in [-0.3, -0.25) is 9.56 Å². The highest BCUT2D eigenvalue weighted by Crippen LogP contribution is 2.29. The molecule has 126 valence electrons. The zero-order chi connectivity index (χ0) is 17.4. The van der Waals surface area contributed by atoms with Crippen molar-refractivity contribution in [3.63, 3.8) is 0 Å². The molecule has 7 heteroatoms. The van der Waals surface area contributed by atoms with E-state index >= 15 is 0 Å². The van der Waals surface area contributed by atoms with Crippen molar-refractivity contribution >= 4 is 35.6 Å². The number of esters is 1. The summed E-state index contributed by atoms with van der Waals surface area (Å²) in [6.45, 7) is 2.45. The van der Waals surface area contributed by atoms with E-state index in [1.807, 2.05) is 40.3 Å². The number of hydrogen-bond donors (Lipinski definition) is 1. The molecule has 0 saturated heterocycles. The van der Waals surface area contributed by atoms with Crippen LogP contribution in [0.2, 0.25) is 0 Å². The standard InChI is InChI=1S/C18H15N3O2S2/c1-2-23-18(22)17-14-9-19-16(15-4-3-7-25-15)12-8-11(24)5-6-13(12)21(14)10-20-17/h3-8,10,24H,2,9H2,1H3. The van der Waals surface area contributed by atoms with Crippen molar-refractivity contribution in [2.75, 3.05) is 6.61 Å². The van der Waals surface area contributed by atoms with Crippen molar-refractivity contribution in [1.29, 1.82) is 0 Å². The number of thiol groups is 1. The summed E-state index contributed by atoms with van der Waals surface area (Å²) in [7, 11) is 0. The highest BCUT2D eigenvalue weighted by Gasteiger charge is 2.25. The van der Waals surface area contributed by atoms with Crippen molar-refractivity contribution < 1.29 is 9.53 Å². The van der Waals surface area contributed by atoms with Gasteiger partial charge in [-0.25, -0.2) is 9.78 Å². The van der Waals surface area contributed by atoms with E-state index in [9.17, 15) is 4.79 Å². The molecule has 0 bridgehead atoms. The third kappa shape index (κ3) is 2.79. The van der Waals surface area contributed by atoms with Gasteiger partial charge in [0.25, 0.3) is 0 Å². The molecule has 1 aliphatic heterocycles. The average molecular weight is 369 g/mol. The minimum Gasteiger partial charge on any atom is -0.461 e. The molecule has 3 aromatic rings. The zero-order valence-electron chi connectivity index (χ0n) is 13.5.